The number of likely N-dealkylation sites (tertiary alicyclic amines) is 1. The van der Waals surface area contributed by atoms with Gasteiger partial charge < -0.3 is 22.0 Å². The normalized spacial score (nSPS) is 31.9. The molecule has 1 N–H and O–H groups in total. The Morgan fingerprint density at radius 1 is 1.20 bits per heavy atom. The van der Waals surface area contributed by atoms with Crippen molar-refractivity contribution < 1.29 is 26.8 Å². The molecule has 3 rings (SSSR count). The maximum absolute atomic E-state index is 12.0. The summed E-state index contributed by atoms with van der Waals surface area (Å²) in [5, 5.41) is 0. The Hall–Kier alpha value is -0.800. The van der Waals surface area contributed by atoms with Crippen LogP contribution in [0, 0.1) is 17.8 Å². The third kappa shape index (κ3) is 3.64. The van der Waals surface area contributed by atoms with E-state index in [2.05, 4.69) is 24.3 Å². The number of nitrogens with one attached hydrogen (secondary N) is 1. The molecule has 1 saturated heterocycles. The lowest BCUT2D eigenvalue weighted by atomic mass is 10.1. The largest absolute Gasteiger partial charge is 1.00 e. The van der Waals surface area contributed by atoms with Crippen molar-refractivity contribution in [3.05, 3.63) is 24.3 Å². The molecule has 0 bridgehead atoms. The lowest BCUT2D eigenvalue weighted by Gasteiger charge is -2.23. The minimum absolute atomic E-state index is 0. The molecule has 0 radical (unpaired) electrons. The molecule has 1 heterocycles. The molecule has 2 fully saturated rings. The van der Waals surface area contributed by atoms with E-state index >= 15 is 0 Å². The third-order valence-electron chi connectivity index (χ3n) is 4.75. The van der Waals surface area contributed by atoms with Crippen LogP contribution in [0.5, 0.6) is 0 Å². The van der Waals surface area contributed by atoms with Crippen molar-refractivity contribution in [2.45, 2.75) is 25.7 Å². The molecule has 1 aliphatic heterocycles. The van der Waals surface area contributed by atoms with Gasteiger partial charge in [0.15, 0.2) is 0 Å². The van der Waals surface area contributed by atoms with E-state index in [1.54, 1.807) is 4.90 Å². The van der Waals surface area contributed by atoms with Gasteiger partial charge in [-0.1, -0.05) is 24.3 Å². The number of carbonyl (C=O) groups is 1. The molecule has 4 heteroatoms. The molecular formula is C16H24ClNO2. The highest BCUT2D eigenvalue weighted by atomic mass is 35.5. The van der Waals surface area contributed by atoms with Crippen molar-refractivity contribution >= 4 is 5.97 Å². The highest BCUT2D eigenvalue weighted by Gasteiger charge is 2.53. The predicted octanol–water partition coefficient (Wildman–Crippen LogP) is -2.02. The van der Waals surface area contributed by atoms with Gasteiger partial charge in [-0.2, -0.15) is 0 Å². The van der Waals surface area contributed by atoms with E-state index in [9.17, 15) is 4.79 Å². The van der Waals surface area contributed by atoms with Crippen molar-refractivity contribution in [2.75, 3.05) is 26.2 Å². The molecule has 1 saturated carbocycles. The quantitative estimate of drug-likeness (QED) is 0.608. The standard InChI is InChI=1S/C16H23NO2.ClH/c18-16(15-13-7-3-1-4-8-14(13)15)19-12-11-17-9-5-2-6-10-17;/h1,3-4,7,13-15H,2,5-6,8-12H2;1H. The summed E-state index contributed by atoms with van der Waals surface area (Å²) < 4.78 is 5.48. The zero-order valence-electron chi connectivity index (χ0n) is 11.9. The molecule has 0 aromatic carbocycles. The Morgan fingerprint density at radius 2 is 2.00 bits per heavy atom. The van der Waals surface area contributed by atoms with Gasteiger partial charge in [-0.25, -0.2) is 0 Å². The summed E-state index contributed by atoms with van der Waals surface area (Å²) in [6.07, 6.45) is 13.5. The van der Waals surface area contributed by atoms with Crippen LogP contribution in [0.15, 0.2) is 24.3 Å². The van der Waals surface area contributed by atoms with Crippen molar-refractivity contribution in [1.29, 1.82) is 0 Å². The number of esters is 1. The van der Waals surface area contributed by atoms with Crippen molar-refractivity contribution in [3.8, 4) is 0 Å². The minimum Gasteiger partial charge on any atom is -1.00 e. The zero-order valence-corrected chi connectivity index (χ0v) is 12.6. The summed E-state index contributed by atoms with van der Waals surface area (Å²) in [5.41, 5.74) is 0. The second kappa shape index (κ2) is 7.28. The highest BCUT2D eigenvalue weighted by Crippen LogP contribution is 2.51. The van der Waals surface area contributed by atoms with Crippen LogP contribution in [0.1, 0.15) is 25.7 Å². The fraction of sp³-hybridized carbons (Fsp3) is 0.688. The summed E-state index contributed by atoms with van der Waals surface area (Å²) in [7, 11) is 0. The van der Waals surface area contributed by atoms with Gasteiger partial charge in [0, 0.05) is 0 Å². The summed E-state index contributed by atoms with van der Waals surface area (Å²) in [5.74, 6) is 1.11. The van der Waals surface area contributed by atoms with Crippen molar-refractivity contribution in [3.63, 3.8) is 0 Å². The number of allylic oxidation sites excluding steroid dienone is 4. The Bertz CT molecular complexity index is 388. The Balaban J connectivity index is 0.00000147. The number of hydrogen-bond acceptors (Lipinski definition) is 2. The summed E-state index contributed by atoms with van der Waals surface area (Å²) in [4.78, 5) is 13.6. The van der Waals surface area contributed by atoms with Gasteiger partial charge in [0.05, 0.1) is 19.0 Å². The van der Waals surface area contributed by atoms with Gasteiger partial charge in [-0.05, 0) is 37.5 Å². The van der Waals surface area contributed by atoms with Gasteiger partial charge in [0.1, 0.15) is 13.2 Å². The van der Waals surface area contributed by atoms with Crippen LogP contribution < -0.4 is 17.3 Å². The second-order valence-electron chi connectivity index (χ2n) is 6.04. The van der Waals surface area contributed by atoms with Crippen LogP contribution in [0.2, 0.25) is 0 Å². The van der Waals surface area contributed by atoms with Gasteiger partial charge in [-0.15, -0.1) is 0 Å². The number of hydrogen-bond donors (Lipinski definition) is 1. The number of piperidine rings is 1. The average Bonchev–Trinajstić information content (AvgIpc) is 3.14. The fourth-order valence-electron chi connectivity index (χ4n) is 3.50. The number of quaternary nitrogens is 1. The molecule has 3 atom stereocenters. The highest BCUT2D eigenvalue weighted by molar-refractivity contribution is 5.77. The molecule has 0 amide bonds. The van der Waals surface area contributed by atoms with Crippen LogP contribution in [0.25, 0.3) is 0 Å². The van der Waals surface area contributed by atoms with E-state index in [0.717, 1.165) is 13.0 Å². The second-order valence-corrected chi connectivity index (χ2v) is 6.04. The van der Waals surface area contributed by atoms with Gasteiger partial charge in [0.25, 0.3) is 0 Å². The van der Waals surface area contributed by atoms with Gasteiger partial charge in [0.2, 0.25) is 0 Å². The summed E-state index contributed by atoms with van der Waals surface area (Å²) in [6.45, 7) is 4.09. The zero-order chi connectivity index (χ0) is 13.1. The van der Waals surface area contributed by atoms with Crippen LogP contribution in [-0.2, 0) is 9.53 Å². The van der Waals surface area contributed by atoms with Crippen LogP contribution >= 0.6 is 0 Å². The summed E-state index contributed by atoms with van der Waals surface area (Å²) >= 11 is 0. The topological polar surface area (TPSA) is 30.7 Å². The van der Waals surface area contributed by atoms with Crippen molar-refractivity contribution in [1.82, 2.24) is 0 Å². The molecule has 3 nitrogen and oxygen atoms in total. The van der Waals surface area contributed by atoms with E-state index < -0.39 is 0 Å². The molecule has 0 spiro atoms. The van der Waals surface area contributed by atoms with Gasteiger partial charge >= 0.3 is 5.97 Å². The first kappa shape index (κ1) is 15.6. The van der Waals surface area contributed by atoms with E-state index in [-0.39, 0.29) is 24.3 Å². The van der Waals surface area contributed by atoms with E-state index in [0.29, 0.717) is 18.4 Å². The van der Waals surface area contributed by atoms with Crippen LogP contribution in [0.3, 0.4) is 0 Å². The molecule has 3 aliphatic rings. The molecule has 3 unspecified atom stereocenters. The fourth-order valence-corrected chi connectivity index (χ4v) is 3.50. The number of rotatable bonds is 4. The Kier molecular flexibility index (Phi) is 5.67. The average molecular weight is 298 g/mol. The first-order valence-electron chi connectivity index (χ1n) is 7.70. The maximum Gasteiger partial charge on any atom is 0.310 e. The molecule has 112 valence electrons. The van der Waals surface area contributed by atoms with Crippen LogP contribution in [0.4, 0.5) is 0 Å². The molecule has 0 aromatic heterocycles. The SMILES string of the molecule is O=C(OCC[NH+]1CCCCC1)C1C2C=CC=CCC21.[Cl-]. The number of ether oxygens (including phenoxy) is 1. The monoisotopic (exact) mass is 297 g/mol. The molecular weight excluding hydrogens is 274 g/mol. The first-order chi connectivity index (χ1) is 9.36. The number of carbonyl (C=O) groups excluding carboxylic acids is 1. The number of fused-ring (bicyclic) bond motifs is 1. The minimum atomic E-state index is 0. The molecule has 0 aromatic rings. The smallest absolute Gasteiger partial charge is 0.310 e. The van der Waals surface area contributed by atoms with Crippen molar-refractivity contribution in [2.24, 2.45) is 17.8 Å². The number of halogens is 1. The van der Waals surface area contributed by atoms with Crippen LogP contribution in [-0.4, -0.2) is 32.2 Å². The lowest BCUT2D eigenvalue weighted by molar-refractivity contribution is -0.905. The molecule has 20 heavy (non-hydrogen) atoms. The Labute approximate surface area is 127 Å². The maximum atomic E-state index is 12.0. The lowest BCUT2D eigenvalue weighted by Crippen LogP contribution is -3.13. The van der Waals surface area contributed by atoms with E-state index in [4.69, 9.17) is 4.74 Å². The third-order valence-corrected chi connectivity index (χ3v) is 4.75. The summed E-state index contributed by atoms with van der Waals surface area (Å²) in [6, 6.07) is 0. The first-order valence-corrected chi connectivity index (χ1v) is 7.70. The van der Waals surface area contributed by atoms with E-state index in [1.807, 2.05) is 0 Å². The van der Waals surface area contributed by atoms with E-state index in [1.165, 1.54) is 32.4 Å². The van der Waals surface area contributed by atoms with Gasteiger partial charge in [-0.3, -0.25) is 4.79 Å². The molecule has 2 aliphatic carbocycles. The predicted molar refractivity (Wildman–Crippen MR) is 73.7 cm³/mol. The Morgan fingerprint density at radius 3 is 2.80 bits per heavy atom.